The monoisotopic (exact) mass is 298 g/mol. The maximum absolute atomic E-state index is 13.7. The van der Waals surface area contributed by atoms with E-state index in [1.54, 1.807) is 19.1 Å². The zero-order valence-corrected chi connectivity index (χ0v) is 11.9. The Kier molecular flexibility index (Phi) is 3.82. The molecule has 20 heavy (non-hydrogen) atoms. The maximum Gasteiger partial charge on any atom is 0.246 e. The molecule has 0 radical (unpaired) electrons. The van der Waals surface area contributed by atoms with Gasteiger partial charge in [-0.3, -0.25) is 0 Å². The highest BCUT2D eigenvalue weighted by Gasteiger charge is 2.25. The van der Waals surface area contributed by atoms with Crippen molar-refractivity contribution in [3.63, 3.8) is 0 Å². The second-order valence-corrected chi connectivity index (χ2v) is 6.48. The van der Waals surface area contributed by atoms with Gasteiger partial charge < -0.3 is 10.2 Å². The first-order chi connectivity index (χ1) is 9.30. The van der Waals surface area contributed by atoms with Crippen LogP contribution in [-0.4, -0.2) is 19.8 Å². The molecule has 2 aromatic rings. The van der Waals surface area contributed by atoms with Gasteiger partial charge in [-0.25, -0.2) is 12.8 Å². The summed E-state index contributed by atoms with van der Waals surface area (Å²) in [5.74, 6) is 0.307. The van der Waals surface area contributed by atoms with E-state index in [9.17, 15) is 12.8 Å². The van der Waals surface area contributed by atoms with E-state index >= 15 is 0 Å². The molecule has 0 saturated carbocycles. The van der Waals surface area contributed by atoms with Gasteiger partial charge >= 0.3 is 0 Å². The van der Waals surface area contributed by atoms with E-state index in [2.05, 4.69) is 0 Å². The molecule has 108 valence electrons. The molecule has 1 heterocycles. The van der Waals surface area contributed by atoms with Crippen LogP contribution in [0.5, 0.6) is 0 Å². The zero-order chi connectivity index (χ0) is 14.9. The fourth-order valence-corrected chi connectivity index (χ4v) is 2.95. The number of aryl methyl sites for hydroxylation is 1. The summed E-state index contributed by atoms with van der Waals surface area (Å²) in [6.45, 7) is 1.79. The van der Waals surface area contributed by atoms with E-state index in [-0.39, 0.29) is 12.2 Å². The van der Waals surface area contributed by atoms with Crippen molar-refractivity contribution >= 4 is 15.7 Å². The molecule has 5 nitrogen and oxygen atoms in total. The van der Waals surface area contributed by atoms with Gasteiger partial charge in [0.1, 0.15) is 22.2 Å². The molecule has 1 aromatic carbocycles. The molecular formula is C13H15FN2O3S. The Hall–Kier alpha value is -1.86. The number of nitrogens with zero attached hydrogens (tertiary/aromatic N) is 1. The second kappa shape index (κ2) is 5.26. The van der Waals surface area contributed by atoms with Crippen molar-refractivity contribution in [1.29, 1.82) is 0 Å². The summed E-state index contributed by atoms with van der Waals surface area (Å²) in [4.78, 5) is -0.405. The molecule has 0 aliphatic rings. The Labute approximate surface area is 116 Å². The first kappa shape index (κ1) is 14.5. The van der Waals surface area contributed by atoms with E-state index in [0.717, 1.165) is 16.4 Å². The van der Waals surface area contributed by atoms with Crippen LogP contribution in [0.25, 0.3) is 0 Å². The summed E-state index contributed by atoms with van der Waals surface area (Å²) in [5, 5.41) is 0. The van der Waals surface area contributed by atoms with Gasteiger partial charge in [0.2, 0.25) is 10.0 Å². The van der Waals surface area contributed by atoms with Crippen molar-refractivity contribution in [1.82, 2.24) is 4.31 Å². The van der Waals surface area contributed by atoms with Crippen LogP contribution in [-0.2, 0) is 16.6 Å². The number of nitrogen functional groups attached to an aromatic ring is 1. The molecule has 0 spiro atoms. The number of furan rings is 1. The Balaban J connectivity index is 2.29. The van der Waals surface area contributed by atoms with Crippen LogP contribution in [0.4, 0.5) is 10.1 Å². The molecular weight excluding hydrogens is 283 g/mol. The quantitative estimate of drug-likeness (QED) is 0.877. The SMILES string of the molecule is Cc1ccc(CN(C)S(=O)(=O)c2ccc(N)cc2F)o1. The van der Waals surface area contributed by atoms with Crippen molar-refractivity contribution in [2.24, 2.45) is 0 Å². The van der Waals surface area contributed by atoms with Crippen molar-refractivity contribution < 1.29 is 17.2 Å². The summed E-state index contributed by atoms with van der Waals surface area (Å²) >= 11 is 0. The minimum atomic E-state index is -3.93. The van der Waals surface area contributed by atoms with Crippen LogP contribution in [0.1, 0.15) is 11.5 Å². The van der Waals surface area contributed by atoms with Crippen molar-refractivity contribution in [2.75, 3.05) is 12.8 Å². The lowest BCUT2D eigenvalue weighted by Gasteiger charge is -2.16. The largest absolute Gasteiger partial charge is 0.465 e. The summed E-state index contributed by atoms with van der Waals surface area (Å²) in [6.07, 6.45) is 0. The average molecular weight is 298 g/mol. The molecule has 0 aliphatic carbocycles. The van der Waals surface area contributed by atoms with Crippen molar-refractivity contribution in [2.45, 2.75) is 18.4 Å². The second-order valence-electron chi connectivity index (χ2n) is 4.46. The molecule has 0 saturated heterocycles. The van der Waals surface area contributed by atoms with Crippen LogP contribution in [0, 0.1) is 12.7 Å². The maximum atomic E-state index is 13.7. The van der Waals surface area contributed by atoms with E-state index in [0.29, 0.717) is 11.5 Å². The van der Waals surface area contributed by atoms with Crippen LogP contribution >= 0.6 is 0 Å². The summed E-state index contributed by atoms with van der Waals surface area (Å²) in [5.41, 5.74) is 5.58. The zero-order valence-electron chi connectivity index (χ0n) is 11.1. The number of hydrogen-bond donors (Lipinski definition) is 1. The lowest BCUT2D eigenvalue weighted by atomic mass is 10.3. The van der Waals surface area contributed by atoms with Gasteiger partial charge in [-0.2, -0.15) is 4.31 Å². The van der Waals surface area contributed by atoms with Crippen molar-refractivity contribution in [3.8, 4) is 0 Å². The lowest BCUT2D eigenvalue weighted by Crippen LogP contribution is -2.27. The number of anilines is 1. The van der Waals surface area contributed by atoms with Gasteiger partial charge in [-0.1, -0.05) is 0 Å². The molecule has 2 N–H and O–H groups in total. The molecule has 2 rings (SSSR count). The molecule has 1 aromatic heterocycles. The Morgan fingerprint density at radius 1 is 1.30 bits per heavy atom. The fraction of sp³-hybridized carbons (Fsp3) is 0.231. The number of hydrogen-bond acceptors (Lipinski definition) is 4. The Morgan fingerprint density at radius 3 is 2.55 bits per heavy atom. The van der Waals surface area contributed by atoms with Crippen LogP contribution < -0.4 is 5.73 Å². The number of rotatable bonds is 4. The third-order valence-electron chi connectivity index (χ3n) is 2.82. The van der Waals surface area contributed by atoms with Gasteiger partial charge in [0.05, 0.1) is 6.54 Å². The minimum absolute atomic E-state index is 0.0278. The van der Waals surface area contributed by atoms with E-state index in [1.165, 1.54) is 13.1 Å². The van der Waals surface area contributed by atoms with Gasteiger partial charge in [0, 0.05) is 12.7 Å². The normalized spacial score (nSPS) is 12.0. The molecule has 0 atom stereocenters. The standard InChI is InChI=1S/C13H15FN2O3S/c1-9-3-5-11(19-9)8-16(2)20(17,18)13-6-4-10(15)7-12(13)14/h3-7H,8,15H2,1-2H3. The average Bonchev–Trinajstić information content (AvgIpc) is 2.74. The fourth-order valence-electron chi connectivity index (χ4n) is 1.77. The molecule has 0 aliphatic heterocycles. The van der Waals surface area contributed by atoms with Crippen LogP contribution in [0.2, 0.25) is 0 Å². The smallest absolute Gasteiger partial charge is 0.246 e. The van der Waals surface area contributed by atoms with E-state index in [1.807, 2.05) is 0 Å². The predicted octanol–water partition coefficient (Wildman–Crippen LogP) is 2.13. The summed E-state index contributed by atoms with van der Waals surface area (Å²) < 4.78 is 44.6. The molecule has 0 fully saturated rings. The molecule has 0 unspecified atom stereocenters. The van der Waals surface area contributed by atoms with Crippen LogP contribution in [0.15, 0.2) is 39.6 Å². The first-order valence-corrected chi connectivity index (χ1v) is 7.31. The minimum Gasteiger partial charge on any atom is -0.465 e. The van der Waals surface area contributed by atoms with Crippen LogP contribution in [0.3, 0.4) is 0 Å². The topological polar surface area (TPSA) is 76.5 Å². The highest BCUT2D eigenvalue weighted by Crippen LogP contribution is 2.22. The van der Waals surface area contributed by atoms with Gasteiger partial charge in [-0.15, -0.1) is 0 Å². The predicted molar refractivity (Wildman–Crippen MR) is 72.9 cm³/mol. The van der Waals surface area contributed by atoms with E-state index < -0.39 is 20.7 Å². The third kappa shape index (κ3) is 2.83. The lowest BCUT2D eigenvalue weighted by molar-refractivity contribution is 0.395. The van der Waals surface area contributed by atoms with Gasteiger partial charge in [-0.05, 0) is 37.3 Å². The number of halogens is 1. The van der Waals surface area contributed by atoms with Gasteiger partial charge in [0.25, 0.3) is 0 Å². The number of benzene rings is 1. The Bertz CT molecular complexity index is 725. The molecule has 7 heteroatoms. The third-order valence-corrected chi connectivity index (χ3v) is 4.66. The molecule has 0 bridgehead atoms. The van der Waals surface area contributed by atoms with Gasteiger partial charge in [0.15, 0.2) is 0 Å². The highest BCUT2D eigenvalue weighted by molar-refractivity contribution is 7.89. The summed E-state index contributed by atoms with van der Waals surface area (Å²) in [7, 11) is -2.57. The number of nitrogens with two attached hydrogens (primary N) is 1. The molecule has 0 amide bonds. The highest BCUT2D eigenvalue weighted by atomic mass is 32.2. The number of sulfonamides is 1. The summed E-state index contributed by atoms with van der Waals surface area (Å²) in [6, 6.07) is 6.91. The first-order valence-electron chi connectivity index (χ1n) is 5.87. The Morgan fingerprint density at radius 2 is 2.00 bits per heavy atom. The van der Waals surface area contributed by atoms with E-state index in [4.69, 9.17) is 10.2 Å². The van der Waals surface area contributed by atoms with Crippen molar-refractivity contribution in [3.05, 3.63) is 47.7 Å².